The van der Waals surface area contributed by atoms with E-state index < -0.39 is 11.9 Å². The lowest BCUT2D eigenvalue weighted by atomic mass is 10.1. The number of halogens is 2. The fourth-order valence-electron chi connectivity index (χ4n) is 2.14. The summed E-state index contributed by atoms with van der Waals surface area (Å²) in [7, 11) is 0. The van der Waals surface area contributed by atoms with Crippen molar-refractivity contribution in [3.05, 3.63) is 32.9 Å². The highest BCUT2D eigenvalue weighted by molar-refractivity contribution is 7.15. The van der Waals surface area contributed by atoms with Crippen LogP contribution in [-0.2, 0) is 11.2 Å². The largest absolute Gasteiger partial charge is 0.481 e. The van der Waals surface area contributed by atoms with E-state index in [2.05, 4.69) is 9.97 Å². The zero-order chi connectivity index (χ0) is 13.6. The molecule has 0 bridgehead atoms. The number of hydrogen-bond donors (Lipinski definition) is 1. The highest BCUT2D eigenvalue weighted by Gasteiger charge is 2.32. The van der Waals surface area contributed by atoms with Gasteiger partial charge in [-0.15, -0.1) is 11.3 Å². The third kappa shape index (κ3) is 2.22. The quantitative estimate of drug-likeness (QED) is 0.919. The molecule has 2 heterocycles. The van der Waals surface area contributed by atoms with Gasteiger partial charge in [-0.3, -0.25) is 9.78 Å². The Morgan fingerprint density at radius 2 is 2.26 bits per heavy atom. The van der Waals surface area contributed by atoms with Crippen LogP contribution in [0.15, 0.2) is 12.3 Å². The van der Waals surface area contributed by atoms with E-state index in [1.165, 1.54) is 17.5 Å². The van der Waals surface area contributed by atoms with Crippen molar-refractivity contribution in [3.8, 4) is 10.7 Å². The molecular formula is C12H8Cl2N2O2S. The van der Waals surface area contributed by atoms with Gasteiger partial charge >= 0.3 is 5.97 Å². The Bertz CT molecular complexity index is 672. The van der Waals surface area contributed by atoms with Crippen LogP contribution < -0.4 is 0 Å². The fourth-order valence-corrected chi connectivity index (χ4v) is 3.82. The third-order valence-electron chi connectivity index (χ3n) is 3.03. The number of rotatable bonds is 2. The molecule has 3 rings (SSSR count). The maximum atomic E-state index is 11.1. The molecule has 98 valence electrons. The second-order valence-electron chi connectivity index (χ2n) is 4.24. The van der Waals surface area contributed by atoms with E-state index in [-0.39, 0.29) is 0 Å². The number of aryl methyl sites for hydroxylation is 1. The van der Waals surface area contributed by atoms with Crippen molar-refractivity contribution in [3.63, 3.8) is 0 Å². The van der Waals surface area contributed by atoms with Crippen molar-refractivity contribution in [1.82, 2.24) is 9.97 Å². The van der Waals surface area contributed by atoms with Crippen LogP contribution in [0.5, 0.6) is 0 Å². The van der Waals surface area contributed by atoms with Crippen LogP contribution in [0.1, 0.15) is 22.9 Å². The molecule has 0 aliphatic heterocycles. The molecule has 0 saturated heterocycles. The molecule has 2 aromatic rings. The van der Waals surface area contributed by atoms with Crippen LogP contribution in [0.3, 0.4) is 0 Å². The molecule has 1 atom stereocenters. The maximum Gasteiger partial charge on any atom is 0.312 e. The van der Waals surface area contributed by atoms with E-state index >= 15 is 0 Å². The van der Waals surface area contributed by atoms with Gasteiger partial charge in [-0.05, 0) is 18.9 Å². The fraction of sp³-hybridized carbons (Fsp3) is 0.250. The summed E-state index contributed by atoms with van der Waals surface area (Å²) in [6.45, 7) is 0. The molecule has 7 heteroatoms. The Morgan fingerprint density at radius 3 is 2.95 bits per heavy atom. The molecule has 0 spiro atoms. The normalized spacial score (nSPS) is 17.5. The number of aliphatic carboxylic acids is 1. The van der Waals surface area contributed by atoms with E-state index in [0.717, 1.165) is 11.3 Å². The average Bonchev–Trinajstić information content (AvgIpc) is 2.87. The first-order valence-electron chi connectivity index (χ1n) is 5.60. The van der Waals surface area contributed by atoms with Crippen LogP contribution in [0.2, 0.25) is 10.0 Å². The van der Waals surface area contributed by atoms with Gasteiger partial charge in [0.05, 0.1) is 15.7 Å². The Kier molecular flexibility index (Phi) is 3.20. The second-order valence-corrected chi connectivity index (χ2v) is 6.17. The predicted octanol–water partition coefficient (Wildman–Crippen LogP) is 3.63. The summed E-state index contributed by atoms with van der Waals surface area (Å²) in [5.74, 6) is -1.34. The summed E-state index contributed by atoms with van der Waals surface area (Å²) in [4.78, 5) is 20.7. The molecule has 0 fully saturated rings. The number of pyridine rings is 1. The Hall–Kier alpha value is -1.17. The first-order valence-corrected chi connectivity index (χ1v) is 7.17. The molecule has 4 nitrogen and oxygen atoms in total. The maximum absolute atomic E-state index is 11.1. The molecule has 1 unspecified atom stereocenters. The van der Waals surface area contributed by atoms with Crippen LogP contribution in [-0.4, -0.2) is 21.0 Å². The number of fused-ring (bicyclic) bond motifs is 1. The molecule has 1 aliphatic rings. The summed E-state index contributed by atoms with van der Waals surface area (Å²) >= 11 is 13.3. The van der Waals surface area contributed by atoms with Crippen molar-refractivity contribution in [2.45, 2.75) is 18.8 Å². The van der Waals surface area contributed by atoms with Gasteiger partial charge in [-0.1, -0.05) is 23.2 Å². The highest BCUT2D eigenvalue weighted by Crippen LogP contribution is 2.40. The van der Waals surface area contributed by atoms with E-state index in [1.54, 1.807) is 6.07 Å². The van der Waals surface area contributed by atoms with E-state index in [4.69, 9.17) is 28.3 Å². The van der Waals surface area contributed by atoms with Crippen LogP contribution >= 0.6 is 34.5 Å². The summed E-state index contributed by atoms with van der Waals surface area (Å²) in [5.41, 5.74) is 1.20. The molecule has 0 saturated carbocycles. The van der Waals surface area contributed by atoms with E-state index in [1.807, 2.05) is 0 Å². The lowest BCUT2D eigenvalue weighted by Crippen LogP contribution is -2.08. The van der Waals surface area contributed by atoms with Gasteiger partial charge in [0.1, 0.15) is 16.6 Å². The number of carbonyl (C=O) groups is 1. The van der Waals surface area contributed by atoms with Crippen molar-refractivity contribution in [2.24, 2.45) is 0 Å². The third-order valence-corrected chi connectivity index (χ3v) is 4.66. The minimum atomic E-state index is -0.828. The lowest BCUT2D eigenvalue weighted by Gasteiger charge is -2.02. The Morgan fingerprint density at radius 1 is 1.47 bits per heavy atom. The van der Waals surface area contributed by atoms with E-state index in [9.17, 15) is 4.79 Å². The average molecular weight is 315 g/mol. The molecule has 0 amide bonds. The smallest absolute Gasteiger partial charge is 0.312 e. The first kappa shape index (κ1) is 12.8. The first-order chi connectivity index (χ1) is 9.06. The Labute approximate surface area is 123 Å². The van der Waals surface area contributed by atoms with Crippen molar-refractivity contribution < 1.29 is 9.90 Å². The highest BCUT2D eigenvalue weighted by atomic mass is 35.5. The van der Waals surface area contributed by atoms with Gasteiger partial charge in [0.15, 0.2) is 0 Å². The summed E-state index contributed by atoms with van der Waals surface area (Å²) in [5, 5.41) is 10.7. The molecule has 19 heavy (non-hydrogen) atoms. The topological polar surface area (TPSA) is 63.1 Å². The van der Waals surface area contributed by atoms with Gasteiger partial charge in [0, 0.05) is 11.1 Å². The SMILES string of the molecule is O=C(O)C1CCc2sc(-c3ncc(Cl)cc3Cl)nc21. The molecule has 2 aromatic heterocycles. The minimum Gasteiger partial charge on any atom is -0.481 e. The standard InChI is InChI=1S/C12H8Cl2N2O2S/c13-5-3-7(14)10(15-4-5)11-16-9-6(12(17)18)1-2-8(9)19-11/h3-4,6H,1-2H2,(H,17,18). The number of carboxylic acids is 1. The Balaban J connectivity index is 2.04. The minimum absolute atomic E-state index is 0.423. The second kappa shape index (κ2) is 4.74. The number of hydrogen-bond acceptors (Lipinski definition) is 4. The summed E-state index contributed by atoms with van der Waals surface area (Å²) in [6.07, 6.45) is 2.87. The number of carboxylic acid groups (broad SMARTS) is 1. The van der Waals surface area contributed by atoms with Crippen LogP contribution in [0.4, 0.5) is 0 Å². The van der Waals surface area contributed by atoms with Crippen molar-refractivity contribution in [2.75, 3.05) is 0 Å². The molecule has 0 radical (unpaired) electrons. The van der Waals surface area contributed by atoms with Crippen molar-refractivity contribution in [1.29, 1.82) is 0 Å². The summed E-state index contributed by atoms with van der Waals surface area (Å²) < 4.78 is 0. The summed E-state index contributed by atoms with van der Waals surface area (Å²) in [6, 6.07) is 1.60. The van der Waals surface area contributed by atoms with Gasteiger partial charge in [-0.25, -0.2) is 4.98 Å². The van der Waals surface area contributed by atoms with Gasteiger partial charge in [-0.2, -0.15) is 0 Å². The molecule has 0 aromatic carbocycles. The van der Waals surface area contributed by atoms with Crippen molar-refractivity contribution >= 4 is 40.5 Å². The number of nitrogens with zero attached hydrogens (tertiary/aromatic N) is 2. The van der Waals surface area contributed by atoms with Crippen LogP contribution in [0.25, 0.3) is 10.7 Å². The number of thiazole rings is 1. The van der Waals surface area contributed by atoms with Gasteiger partial charge in [0.25, 0.3) is 0 Å². The zero-order valence-electron chi connectivity index (χ0n) is 9.56. The molecule has 1 N–H and O–H groups in total. The molecule has 1 aliphatic carbocycles. The van der Waals surface area contributed by atoms with Gasteiger partial charge < -0.3 is 5.11 Å². The van der Waals surface area contributed by atoms with Crippen LogP contribution in [0, 0.1) is 0 Å². The predicted molar refractivity (Wildman–Crippen MR) is 74.1 cm³/mol. The number of aromatic nitrogens is 2. The molecular weight excluding hydrogens is 307 g/mol. The van der Waals surface area contributed by atoms with E-state index in [0.29, 0.717) is 32.9 Å². The zero-order valence-corrected chi connectivity index (χ0v) is 11.9. The monoisotopic (exact) mass is 314 g/mol. The lowest BCUT2D eigenvalue weighted by molar-refractivity contribution is -0.138. The van der Waals surface area contributed by atoms with Gasteiger partial charge in [0.2, 0.25) is 0 Å².